The first-order chi connectivity index (χ1) is 8.78. The highest BCUT2D eigenvalue weighted by atomic mass is 35.5. The van der Waals surface area contributed by atoms with Gasteiger partial charge in [0.2, 0.25) is 0 Å². The summed E-state index contributed by atoms with van der Waals surface area (Å²) in [4.78, 5) is 3.97. The molecule has 1 aromatic heterocycles. The molecule has 0 spiro atoms. The van der Waals surface area contributed by atoms with Crippen LogP contribution in [-0.2, 0) is 10.0 Å². The van der Waals surface area contributed by atoms with Crippen LogP contribution in [0.1, 0.15) is 38.8 Å². The van der Waals surface area contributed by atoms with Gasteiger partial charge in [-0.25, -0.2) is 18.1 Å². The zero-order valence-corrected chi connectivity index (χ0v) is 13.7. The average Bonchev–Trinajstić information content (AvgIpc) is 2.56. The van der Waals surface area contributed by atoms with Crippen LogP contribution in [0.25, 0.3) is 0 Å². The van der Waals surface area contributed by atoms with Crippen molar-refractivity contribution in [3.63, 3.8) is 0 Å². The van der Waals surface area contributed by atoms with Gasteiger partial charge in [0, 0.05) is 6.04 Å². The van der Waals surface area contributed by atoms with Crippen LogP contribution >= 0.6 is 22.9 Å². The van der Waals surface area contributed by atoms with Gasteiger partial charge < -0.3 is 0 Å². The van der Waals surface area contributed by atoms with E-state index in [1.54, 1.807) is 6.92 Å². The highest BCUT2D eigenvalue weighted by Crippen LogP contribution is 2.31. The second-order valence-electron chi connectivity index (χ2n) is 5.58. The third-order valence-corrected chi connectivity index (χ3v) is 6.86. The molecule has 0 aliphatic heterocycles. The second-order valence-corrected chi connectivity index (χ2v) is 9.07. The minimum Gasteiger partial charge on any atom is -0.229 e. The molecule has 1 saturated carbocycles. The molecular formula is C12H19ClN2O2S2. The number of halogens is 1. The molecule has 0 bridgehead atoms. The summed E-state index contributed by atoms with van der Waals surface area (Å²) in [5.41, 5.74) is 0.472. The molecule has 1 aliphatic carbocycles. The molecule has 19 heavy (non-hydrogen) atoms. The van der Waals surface area contributed by atoms with Crippen LogP contribution in [0.15, 0.2) is 4.21 Å². The number of aryl methyl sites for hydroxylation is 1. The summed E-state index contributed by atoms with van der Waals surface area (Å²) in [5.74, 6) is 1.12. The third-order valence-electron chi connectivity index (χ3n) is 3.47. The van der Waals surface area contributed by atoms with Crippen molar-refractivity contribution >= 4 is 33.0 Å². The minimum atomic E-state index is -3.50. The molecular weight excluding hydrogens is 304 g/mol. The second kappa shape index (κ2) is 5.68. The van der Waals surface area contributed by atoms with Crippen molar-refractivity contribution in [2.45, 2.75) is 50.3 Å². The number of nitrogens with one attached hydrogen (secondary N) is 1. The van der Waals surface area contributed by atoms with E-state index in [2.05, 4.69) is 23.6 Å². The summed E-state index contributed by atoms with van der Waals surface area (Å²) < 4.78 is 28.0. The first kappa shape index (κ1) is 15.2. The lowest BCUT2D eigenvalue weighted by molar-refractivity contribution is 0.258. The first-order valence-corrected chi connectivity index (χ1v) is 9.11. The molecule has 1 aliphatic rings. The number of sulfonamides is 1. The zero-order chi connectivity index (χ0) is 14.2. The maximum Gasteiger partial charge on any atom is 0.252 e. The standard InChI is InChI=1S/C12H19ClN2O2S2/c1-7-4-8(2)6-10(5-7)15-19(16,17)11-9(3)14-12(13)18-11/h7-8,10,15H,4-6H2,1-3H3. The van der Waals surface area contributed by atoms with Crippen molar-refractivity contribution in [2.24, 2.45) is 11.8 Å². The van der Waals surface area contributed by atoms with Crippen LogP contribution in [0.5, 0.6) is 0 Å². The fourth-order valence-electron chi connectivity index (χ4n) is 2.92. The quantitative estimate of drug-likeness (QED) is 0.929. The van der Waals surface area contributed by atoms with E-state index in [-0.39, 0.29) is 14.7 Å². The minimum absolute atomic E-state index is 0.0176. The fraction of sp³-hybridized carbons (Fsp3) is 0.750. The first-order valence-electron chi connectivity index (χ1n) is 6.43. The van der Waals surface area contributed by atoms with Crippen LogP contribution < -0.4 is 4.72 Å². The van der Waals surface area contributed by atoms with Gasteiger partial charge in [-0.3, -0.25) is 0 Å². The number of thiazole rings is 1. The summed E-state index contributed by atoms with van der Waals surface area (Å²) >= 11 is 6.79. The summed E-state index contributed by atoms with van der Waals surface area (Å²) in [6, 6.07) is 0.0176. The molecule has 1 heterocycles. The van der Waals surface area contributed by atoms with E-state index in [0.717, 1.165) is 24.2 Å². The molecule has 0 saturated heterocycles. The van der Waals surface area contributed by atoms with Gasteiger partial charge in [0.25, 0.3) is 10.0 Å². The van der Waals surface area contributed by atoms with Crippen molar-refractivity contribution in [3.8, 4) is 0 Å². The van der Waals surface area contributed by atoms with Crippen molar-refractivity contribution < 1.29 is 8.42 Å². The Balaban J connectivity index is 2.15. The smallest absolute Gasteiger partial charge is 0.229 e. The Morgan fingerprint density at radius 2 is 1.84 bits per heavy atom. The molecule has 2 atom stereocenters. The molecule has 108 valence electrons. The van der Waals surface area contributed by atoms with Crippen LogP contribution in [0.2, 0.25) is 4.47 Å². The normalized spacial score (nSPS) is 28.5. The Morgan fingerprint density at radius 3 is 2.32 bits per heavy atom. The van der Waals surface area contributed by atoms with Gasteiger partial charge in [-0.2, -0.15) is 0 Å². The Hall–Kier alpha value is -0.170. The largest absolute Gasteiger partial charge is 0.252 e. The van der Waals surface area contributed by atoms with Crippen LogP contribution in [0.4, 0.5) is 0 Å². The van der Waals surface area contributed by atoms with Crippen molar-refractivity contribution in [1.82, 2.24) is 9.71 Å². The van der Waals surface area contributed by atoms with E-state index in [4.69, 9.17) is 11.6 Å². The van der Waals surface area contributed by atoms with Crippen LogP contribution in [-0.4, -0.2) is 19.4 Å². The SMILES string of the molecule is Cc1nc(Cl)sc1S(=O)(=O)NC1CC(C)CC(C)C1. The number of aromatic nitrogens is 1. The zero-order valence-electron chi connectivity index (χ0n) is 11.3. The van der Waals surface area contributed by atoms with E-state index in [1.807, 2.05) is 0 Å². The summed E-state index contributed by atoms with van der Waals surface area (Å²) in [6.45, 7) is 6.01. The number of nitrogens with zero attached hydrogens (tertiary/aromatic N) is 1. The highest BCUT2D eigenvalue weighted by molar-refractivity contribution is 7.91. The lowest BCUT2D eigenvalue weighted by atomic mass is 9.81. The van der Waals surface area contributed by atoms with Gasteiger partial charge in [0.05, 0.1) is 5.69 Å². The lowest BCUT2D eigenvalue weighted by Gasteiger charge is -2.31. The molecule has 0 amide bonds. The molecule has 0 radical (unpaired) electrons. The highest BCUT2D eigenvalue weighted by Gasteiger charge is 2.29. The Kier molecular flexibility index (Phi) is 4.55. The molecule has 2 rings (SSSR count). The Labute approximate surface area is 123 Å². The topological polar surface area (TPSA) is 59.1 Å². The van der Waals surface area contributed by atoms with E-state index in [9.17, 15) is 8.42 Å². The predicted molar refractivity (Wildman–Crippen MR) is 78.1 cm³/mol. The van der Waals surface area contributed by atoms with Gasteiger partial charge in [0.1, 0.15) is 0 Å². The number of hydrogen-bond acceptors (Lipinski definition) is 4. The average molecular weight is 323 g/mol. The molecule has 0 aromatic carbocycles. The summed E-state index contributed by atoms with van der Waals surface area (Å²) in [7, 11) is -3.50. The van der Waals surface area contributed by atoms with Crippen molar-refractivity contribution in [3.05, 3.63) is 10.2 Å². The van der Waals surface area contributed by atoms with Crippen LogP contribution in [0, 0.1) is 18.8 Å². The molecule has 1 N–H and O–H groups in total. The molecule has 7 heteroatoms. The lowest BCUT2D eigenvalue weighted by Crippen LogP contribution is -2.39. The number of rotatable bonds is 3. The van der Waals surface area contributed by atoms with Crippen molar-refractivity contribution in [2.75, 3.05) is 0 Å². The molecule has 1 aromatic rings. The summed E-state index contributed by atoms with van der Waals surface area (Å²) in [6.07, 6.45) is 2.97. The third kappa shape index (κ3) is 3.68. The van der Waals surface area contributed by atoms with Gasteiger partial charge >= 0.3 is 0 Å². The van der Waals surface area contributed by atoms with E-state index < -0.39 is 10.0 Å². The molecule has 2 unspecified atom stereocenters. The van der Waals surface area contributed by atoms with Gasteiger partial charge in [-0.1, -0.05) is 36.8 Å². The Morgan fingerprint density at radius 1 is 1.26 bits per heavy atom. The summed E-state index contributed by atoms with van der Waals surface area (Å²) in [5, 5.41) is 0. The van der Waals surface area contributed by atoms with E-state index in [1.165, 1.54) is 6.42 Å². The molecule has 4 nitrogen and oxygen atoms in total. The van der Waals surface area contributed by atoms with Gasteiger partial charge in [-0.05, 0) is 38.0 Å². The van der Waals surface area contributed by atoms with E-state index >= 15 is 0 Å². The Bertz CT molecular complexity index is 546. The fourth-order valence-corrected chi connectivity index (χ4v) is 5.93. The maximum atomic E-state index is 12.3. The maximum absolute atomic E-state index is 12.3. The van der Waals surface area contributed by atoms with Gasteiger partial charge in [0.15, 0.2) is 8.68 Å². The van der Waals surface area contributed by atoms with Crippen molar-refractivity contribution in [1.29, 1.82) is 0 Å². The van der Waals surface area contributed by atoms with Gasteiger partial charge in [-0.15, -0.1) is 0 Å². The van der Waals surface area contributed by atoms with Crippen LogP contribution in [0.3, 0.4) is 0 Å². The predicted octanol–water partition coefficient (Wildman–Crippen LogP) is 3.21. The van der Waals surface area contributed by atoms with E-state index in [0.29, 0.717) is 17.5 Å². The monoisotopic (exact) mass is 322 g/mol. The number of hydrogen-bond donors (Lipinski definition) is 1. The molecule has 1 fully saturated rings.